The molecule has 0 fully saturated rings. The molecule has 0 saturated heterocycles. The second-order valence-electron chi connectivity index (χ2n) is 7.22. The Morgan fingerprint density at radius 1 is 1.23 bits per heavy atom. The van der Waals surface area contributed by atoms with Crippen molar-refractivity contribution in [1.29, 1.82) is 0 Å². The van der Waals surface area contributed by atoms with Crippen LogP contribution in [0.25, 0.3) is 5.69 Å². The van der Waals surface area contributed by atoms with Gasteiger partial charge >= 0.3 is 0 Å². The summed E-state index contributed by atoms with van der Waals surface area (Å²) in [7, 11) is 0. The highest BCUT2D eigenvalue weighted by Crippen LogP contribution is 2.25. The molecule has 164 valence electrons. The van der Waals surface area contributed by atoms with Gasteiger partial charge in [-0.3, -0.25) is 4.79 Å². The van der Waals surface area contributed by atoms with E-state index in [4.69, 9.17) is 4.74 Å². The van der Waals surface area contributed by atoms with Gasteiger partial charge in [0.25, 0.3) is 11.8 Å². The number of benzene rings is 1. The van der Waals surface area contributed by atoms with Gasteiger partial charge in [0, 0.05) is 13.5 Å². The first kappa shape index (κ1) is 22.3. The molecule has 0 saturated carbocycles. The van der Waals surface area contributed by atoms with E-state index in [1.165, 1.54) is 4.80 Å². The Bertz CT molecular complexity index is 1020. The summed E-state index contributed by atoms with van der Waals surface area (Å²) in [6.07, 6.45) is 5.23. The van der Waals surface area contributed by atoms with Crippen molar-refractivity contribution in [2.75, 3.05) is 13.2 Å². The molecule has 3 aromatic rings. The summed E-state index contributed by atoms with van der Waals surface area (Å²) in [5.74, 6) is -3.16. The van der Waals surface area contributed by atoms with Crippen molar-refractivity contribution in [3.63, 3.8) is 0 Å². The molecule has 0 aliphatic carbocycles. The number of aromatic nitrogens is 5. The maximum atomic E-state index is 13.3. The van der Waals surface area contributed by atoms with Gasteiger partial charge in [0.2, 0.25) is 5.88 Å². The van der Waals surface area contributed by atoms with Crippen molar-refractivity contribution >= 4 is 5.91 Å². The second kappa shape index (κ2) is 9.15. The zero-order valence-electron chi connectivity index (χ0n) is 17.8. The van der Waals surface area contributed by atoms with Crippen LogP contribution in [-0.4, -0.2) is 55.0 Å². The van der Waals surface area contributed by atoms with Gasteiger partial charge in [0.1, 0.15) is 12.3 Å². The van der Waals surface area contributed by atoms with E-state index in [2.05, 4.69) is 20.2 Å². The van der Waals surface area contributed by atoms with Crippen LogP contribution in [0.3, 0.4) is 0 Å². The molecule has 0 N–H and O–H groups in total. The van der Waals surface area contributed by atoms with Gasteiger partial charge in [0.05, 0.1) is 42.1 Å². The summed E-state index contributed by atoms with van der Waals surface area (Å²) < 4.78 is 32.1. The fourth-order valence-corrected chi connectivity index (χ4v) is 3.05. The standard InChI is InChI=1S/C21H24F2N6O2/c1-5-28(15(3)13-31-19-12-24-18(11-25-19)21(4,22)23)20(30)16-7-6-14(2)10-17(16)29-26-8-9-27-29/h6-12,15H,5,13H2,1-4H3/t15-/m0/s1. The van der Waals surface area contributed by atoms with E-state index in [-0.39, 0.29) is 24.4 Å². The van der Waals surface area contributed by atoms with E-state index in [1.807, 2.05) is 32.9 Å². The summed E-state index contributed by atoms with van der Waals surface area (Å²) in [6.45, 7) is 6.95. The SMILES string of the molecule is CCN(C(=O)c1ccc(C)cc1-n1nccn1)[C@@H](C)COc1cnc(C(C)(F)F)cn1. The molecule has 2 aromatic heterocycles. The molecule has 8 nitrogen and oxygen atoms in total. The number of aryl methyl sites for hydroxylation is 1. The summed E-state index contributed by atoms with van der Waals surface area (Å²) in [6, 6.07) is 5.15. The maximum Gasteiger partial charge on any atom is 0.288 e. The van der Waals surface area contributed by atoms with Crippen LogP contribution in [0.1, 0.15) is 42.4 Å². The Hall–Kier alpha value is -3.43. The first-order valence-electron chi connectivity index (χ1n) is 9.82. The number of halogens is 2. The molecule has 0 spiro atoms. The highest BCUT2D eigenvalue weighted by atomic mass is 19.3. The summed E-state index contributed by atoms with van der Waals surface area (Å²) in [4.78, 5) is 23.9. The Morgan fingerprint density at radius 2 is 1.94 bits per heavy atom. The number of carbonyl (C=O) groups is 1. The lowest BCUT2D eigenvalue weighted by atomic mass is 10.1. The van der Waals surface area contributed by atoms with Crippen molar-refractivity contribution in [3.05, 3.63) is 59.8 Å². The Morgan fingerprint density at radius 3 is 2.52 bits per heavy atom. The number of rotatable bonds is 8. The average molecular weight is 430 g/mol. The molecular formula is C21H24F2N6O2. The van der Waals surface area contributed by atoms with Gasteiger partial charge < -0.3 is 9.64 Å². The Kier molecular flexibility index (Phi) is 6.57. The van der Waals surface area contributed by atoms with E-state index >= 15 is 0 Å². The summed E-state index contributed by atoms with van der Waals surface area (Å²) in [5, 5.41) is 8.28. The molecule has 1 amide bonds. The minimum absolute atomic E-state index is 0.111. The van der Waals surface area contributed by atoms with Crippen molar-refractivity contribution < 1.29 is 18.3 Å². The van der Waals surface area contributed by atoms with Crippen LogP contribution in [0.15, 0.2) is 43.0 Å². The summed E-state index contributed by atoms with van der Waals surface area (Å²) >= 11 is 0. The normalized spacial score (nSPS) is 12.5. The smallest absolute Gasteiger partial charge is 0.288 e. The second-order valence-corrected chi connectivity index (χ2v) is 7.22. The number of amides is 1. The van der Waals surface area contributed by atoms with Gasteiger partial charge in [-0.05, 0) is 38.5 Å². The van der Waals surface area contributed by atoms with Gasteiger partial charge in [-0.15, -0.1) is 0 Å². The first-order valence-corrected chi connectivity index (χ1v) is 9.82. The lowest BCUT2D eigenvalue weighted by Gasteiger charge is -2.28. The van der Waals surface area contributed by atoms with E-state index in [0.717, 1.165) is 24.9 Å². The first-order chi connectivity index (χ1) is 14.7. The van der Waals surface area contributed by atoms with Crippen LogP contribution in [0.5, 0.6) is 5.88 Å². The van der Waals surface area contributed by atoms with Crippen LogP contribution in [0.2, 0.25) is 0 Å². The van der Waals surface area contributed by atoms with Crippen LogP contribution >= 0.6 is 0 Å². The summed E-state index contributed by atoms with van der Waals surface area (Å²) in [5.41, 5.74) is 1.59. The van der Waals surface area contributed by atoms with Crippen molar-refractivity contribution in [1.82, 2.24) is 29.9 Å². The molecule has 2 heterocycles. The number of hydrogen-bond donors (Lipinski definition) is 0. The minimum atomic E-state index is -3.07. The van der Waals surface area contributed by atoms with E-state index in [1.54, 1.807) is 23.4 Å². The topological polar surface area (TPSA) is 86.0 Å². The van der Waals surface area contributed by atoms with E-state index in [0.29, 0.717) is 17.8 Å². The molecule has 0 unspecified atom stereocenters. The Labute approximate surface area is 178 Å². The molecular weight excluding hydrogens is 406 g/mol. The molecule has 0 aliphatic heterocycles. The molecule has 1 atom stereocenters. The number of ether oxygens (including phenoxy) is 1. The highest BCUT2D eigenvalue weighted by molar-refractivity contribution is 5.98. The number of nitrogens with zero attached hydrogens (tertiary/aromatic N) is 6. The third kappa shape index (κ3) is 5.19. The molecule has 0 bridgehead atoms. The average Bonchev–Trinajstić information content (AvgIpc) is 3.27. The molecule has 0 aliphatic rings. The molecule has 0 radical (unpaired) electrons. The predicted molar refractivity (Wildman–Crippen MR) is 109 cm³/mol. The lowest BCUT2D eigenvalue weighted by molar-refractivity contribution is 0.0121. The molecule has 10 heteroatoms. The Balaban J connectivity index is 1.74. The zero-order chi connectivity index (χ0) is 22.6. The molecule has 1 aromatic carbocycles. The number of alkyl halides is 2. The van der Waals surface area contributed by atoms with Crippen molar-refractivity contribution in [2.45, 2.75) is 39.7 Å². The van der Waals surface area contributed by atoms with Crippen molar-refractivity contribution in [3.8, 4) is 11.6 Å². The maximum absolute atomic E-state index is 13.3. The van der Waals surface area contributed by atoms with Crippen molar-refractivity contribution in [2.24, 2.45) is 0 Å². The fourth-order valence-electron chi connectivity index (χ4n) is 3.05. The largest absolute Gasteiger partial charge is 0.474 e. The predicted octanol–water partition coefficient (Wildman–Crippen LogP) is 3.41. The van der Waals surface area contributed by atoms with Gasteiger partial charge in [0.15, 0.2) is 0 Å². The zero-order valence-corrected chi connectivity index (χ0v) is 17.8. The molecule has 31 heavy (non-hydrogen) atoms. The van der Waals surface area contributed by atoms with Crippen LogP contribution in [0.4, 0.5) is 8.78 Å². The van der Waals surface area contributed by atoms with Gasteiger partial charge in [-0.25, -0.2) is 9.97 Å². The number of carbonyl (C=O) groups excluding carboxylic acids is 1. The van der Waals surface area contributed by atoms with E-state index in [9.17, 15) is 13.6 Å². The minimum Gasteiger partial charge on any atom is -0.474 e. The fraction of sp³-hybridized carbons (Fsp3) is 0.381. The third-order valence-corrected chi connectivity index (χ3v) is 4.70. The quantitative estimate of drug-likeness (QED) is 0.544. The third-order valence-electron chi connectivity index (χ3n) is 4.70. The lowest BCUT2D eigenvalue weighted by Crippen LogP contribution is -2.42. The van der Waals surface area contributed by atoms with Crippen LogP contribution in [-0.2, 0) is 5.92 Å². The highest BCUT2D eigenvalue weighted by Gasteiger charge is 2.27. The number of likely N-dealkylation sites (N-methyl/N-ethyl adjacent to an activating group) is 1. The van der Waals surface area contributed by atoms with Crippen LogP contribution < -0.4 is 4.74 Å². The monoisotopic (exact) mass is 430 g/mol. The number of hydrogen-bond acceptors (Lipinski definition) is 6. The molecule has 3 rings (SSSR count). The van der Waals surface area contributed by atoms with Gasteiger partial charge in [-0.1, -0.05) is 6.07 Å². The van der Waals surface area contributed by atoms with Crippen LogP contribution in [0, 0.1) is 6.92 Å². The van der Waals surface area contributed by atoms with Gasteiger partial charge in [-0.2, -0.15) is 23.8 Å². The van der Waals surface area contributed by atoms with E-state index < -0.39 is 11.6 Å².